The van der Waals surface area contributed by atoms with Crippen LogP contribution in [0.2, 0.25) is 10.0 Å². The molecule has 1 aromatic heterocycles. The van der Waals surface area contributed by atoms with Crippen molar-refractivity contribution in [3.8, 4) is 0 Å². The number of rotatable bonds is 9. The Labute approximate surface area is 194 Å². The SMILES string of the molecule is C=CCn1c(CS(=O)(=O)c2ccccc2)nnc1SCC(=O)Nc1ccc(Cl)cc1Cl. The molecule has 0 aliphatic carbocycles. The Morgan fingerprint density at radius 1 is 1.16 bits per heavy atom. The number of carbonyl (C=O) groups is 1. The summed E-state index contributed by atoms with van der Waals surface area (Å²) >= 11 is 13.1. The number of allylic oxidation sites excluding steroid dienone is 1. The van der Waals surface area contributed by atoms with E-state index in [-0.39, 0.29) is 28.1 Å². The van der Waals surface area contributed by atoms with Crippen LogP contribution in [0.25, 0.3) is 0 Å². The number of aromatic nitrogens is 3. The molecular weight excluding hydrogens is 479 g/mol. The maximum Gasteiger partial charge on any atom is 0.234 e. The Kier molecular flexibility index (Phi) is 7.77. The van der Waals surface area contributed by atoms with Crippen molar-refractivity contribution in [1.29, 1.82) is 0 Å². The van der Waals surface area contributed by atoms with Crippen LogP contribution in [0.15, 0.2) is 71.2 Å². The van der Waals surface area contributed by atoms with Crippen LogP contribution in [-0.4, -0.2) is 34.8 Å². The molecule has 0 aliphatic rings. The molecule has 0 saturated heterocycles. The summed E-state index contributed by atoms with van der Waals surface area (Å²) in [4.78, 5) is 12.5. The summed E-state index contributed by atoms with van der Waals surface area (Å²) in [6.07, 6.45) is 1.61. The maximum absolute atomic E-state index is 12.7. The molecule has 1 N–H and O–H groups in total. The smallest absolute Gasteiger partial charge is 0.234 e. The monoisotopic (exact) mass is 496 g/mol. The highest BCUT2D eigenvalue weighted by Crippen LogP contribution is 2.26. The van der Waals surface area contributed by atoms with Gasteiger partial charge < -0.3 is 9.88 Å². The fourth-order valence-electron chi connectivity index (χ4n) is 2.63. The summed E-state index contributed by atoms with van der Waals surface area (Å²) in [7, 11) is -3.59. The highest BCUT2D eigenvalue weighted by Gasteiger charge is 2.21. The maximum atomic E-state index is 12.7. The molecule has 3 rings (SSSR count). The Morgan fingerprint density at radius 3 is 2.58 bits per heavy atom. The topological polar surface area (TPSA) is 93.9 Å². The molecule has 3 aromatic rings. The van der Waals surface area contributed by atoms with Gasteiger partial charge in [-0.25, -0.2) is 8.42 Å². The molecule has 7 nitrogen and oxygen atoms in total. The third-order valence-electron chi connectivity index (χ3n) is 4.06. The number of anilines is 1. The lowest BCUT2D eigenvalue weighted by Crippen LogP contribution is -2.15. The molecule has 0 spiro atoms. The summed E-state index contributed by atoms with van der Waals surface area (Å²) in [6.45, 7) is 4.01. The number of sulfone groups is 1. The van der Waals surface area contributed by atoms with Crippen molar-refractivity contribution in [2.45, 2.75) is 22.3 Å². The van der Waals surface area contributed by atoms with E-state index in [4.69, 9.17) is 23.2 Å². The summed E-state index contributed by atoms with van der Waals surface area (Å²) < 4.78 is 27.0. The highest BCUT2D eigenvalue weighted by molar-refractivity contribution is 7.99. The van der Waals surface area contributed by atoms with Gasteiger partial charge in [0.2, 0.25) is 5.91 Å². The van der Waals surface area contributed by atoms with E-state index in [1.54, 1.807) is 41.0 Å². The van der Waals surface area contributed by atoms with Gasteiger partial charge >= 0.3 is 0 Å². The van der Waals surface area contributed by atoms with Crippen LogP contribution in [0.3, 0.4) is 0 Å². The van der Waals surface area contributed by atoms with E-state index in [9.17, 15) is 13.2 Å². The summed E-state index contributed by atoms with van der Waals surface area (Å²) in [5.74, 6) is -0.321. The second kappa shape index (κ2) is 10.3. The van der Waals surface area contributed by atoms with E-state index >= 15 is 0 Å². The van der Waals surface area contributed by atoms with Crippen molar-refractivity contribution in [3.05, 3.63) is 77.1 Å². The quantitative estimate of drug-likeness (QED) is 0.346. The molecule has 31 heavy (non-hydrogen) atoms. The summed E-state index contributed by atoms with van der Waals surface area (Å²) in [5, 5.41) is 12.0. The van der Waals surface area contributed by atoms with E-state index in [0.29, 0.717) is 27.4 Å². The van der Waals surface area contributed by atoms with E-state index in [2.05, 4.69) is 22.1 Å². The minimum absolute atomic E-state index is 0.0274. The van der Waals surface area contributed by atoms with Crippen molar-refractivity contribution in [2.24, 2.45) is 0 Å². The lowest BCUT2D eigenvalue weighted by Gasteiger charge is -2.09. The van der Waals surface area contributed by atoms with Gasteiger partial charge in [0.05, 0.1) is 21.4 Å². The van der Waals surface area contributed by atoms with Crippen LogP contribution in [0.4, 0.5) is 5.69 Å². The average molecular weight is 497 g/mol. The van der Waals surface area contributed by atoms with E-state index in [1.807, 2.05) is 0 Å². The lowest BCUT2D eigenvalue weighted by atomic mass is 10.3. The Balaban J connectivity index is 1.71. The Hall–Kier alpha value is -2.33. The first kappa shape index (κ1) is 23.3. The summed E-state index contributed by atoms with van der Waals surface area (Å²) in [5.41, 5.74) is 0.443. The Bertz CT molecular complexity index is 1200. The number of nitrogens with zero attached hydrogens (tertiary/aromatic N) is 3. The van der Waals surface area contributed by atoms with Gasteiger partial charge in [-0.05, 0) is 30.3 Å². The Morgan fingerprint density at radius 2 is 1.90 bits per heavy atom. The van der Waals surface area contributed by atoms with Crippen molar-refractivity contribution in [2.75, 3.05) is 11.1 Å². The predicted octanol–water partition coefficient (Wildman–Crippen LogP) is 4.48. The molecule has 0 bridgehead atoms. The van der Waals surface area contributed by atoms with Crippen molar-refractivity contribution < 1.29 is 13.2 Å². The van der Waals surface area contributed by atoms with Crippen LogP contribution in [0.1, 0.15) is 5.82 Å². The van der Waals surface area contributed by atoms with E-state index in [1.165, 1.54) is 18.2 Å². The zero-order chi connectivity index (χ0) is 22.4. The lowest BCUT2D eigenvalue weighted by molar-refractivity contribution is -0.113. The van der Waals surface area contributed by atoms with Gasteiger partial charge in [-0.15, -0.1) is 16.8 Å². The number of thioether (sulfide) groups is 1. The molecule has 11 heteroatoms. The first-order chi connectivity index (χ1) is 14.8. The van der Waals surface area contributed by atoms with E-state index < -0.39 is 9.84 Å². The number of hydrogen-bond donors (Lipinski definition) is 1. The molecule has 1 amide bonds. The number of carbonyl (C=O) groups excluding carboxylic acids is 1. The molecule has 162 valence electrons. The number of nitrogens with one attached hydrogen (secondary N) is 1. The molecule has 0 radical (unpaired) electrons. The van der Waals surface area contributed by atoms with Gasteiger partial charge in [-0.3, -0.25) is 4.79 Å². The van der Waals surface area contributed by atoms with Crippen LogP contribution >= 0.6 is 35.0 Å². The zero-order valence-corrected chi connectivity index (χ0v) is 19.3. The van der Waals surface area contributed by atoms with Crippen LogP contribution in [0.5, 0.6) is 0 Å². The number of amides is 1. The van der Waals surface area contributed by atoms with Crippen LogP contribution in [-0.2, 0) is 26.9 Å². The first-order valence-electron chi connectivity index (χ1n) is 8.98. The molecule has 0 fully saturated rings. The number of hydrogen-bond acceptors (Lipinski definition) is 6. The zero-order valence-electron chi connectivity index (χ0n) is 16.2. The fourth-order valence-corrected chi connectivity index (χ4v) is 5.15. The van der Waals surface area contributed by atoms with Crippen LogP contribution < -0.4 is 5.32 Å². The van der Waals surface area contributed by atoms with Crippen LogP contribution in [0, 0.1) is 0 Å². The minimum atomic E-state index is -3.59. The molecule has 0 atom stereocenters. The van der Waals surface area contributed by atoms with Gasteiger partial charge in [0.1, 0.15) is 11.6 Å². The highest BCUT2D eigenvalue weighted by atomic mass is 35.5. The van der Waals surface area contributed by atoms with Gasteiger partial charge in [0.15, 0.2) is 15.0 Å². The molecule has 1 heterocycles. The van der Waals surface area contributed by atoms with Gasteiger partial charge in [-0.2, -0.15) is 0 Å². The number of halogens is 2. The van der Waals surface area contributed by atoms with Crippen molar-refractivity contribution in [3.63, 3.8) is 0 Å². The minimum Gasteiger partial charge on any atom is -0.324 e. The molecule has 2 aromatic carbocycles. The number of benzene rings is 2. The van der Waals surface area contributed by atoms with Gasteiger partial charge in [-0.1, -0.05) is 59.2 Å². The standard InChI is InChI=1S/C20H18Cl2N4O3S2/c1-2-10-26-18(13-31(28,29)15-6-4-3-5-7-15)24-25-20(26)30-12-19(27)23-17-9-8-14(21)11-16(17)22/h2-9,11H,1,10,12-13H2,(H,23,27). The second-order valence-electron chi connectivity index (χ2n) is 6.33. The fraction of sp³-hybridized carbons (Fsp3) is 0.150. The van der Waals surface area contributed by atoms with Crippen molar-refractivity contribution in [1.82, 2.24) is 14.8 Å². The van der Waals surface area contributed by atoms with Crippen molar-refractivity contribution >= 4 is 56.4 Å². The average Bonchev–Trinajstić information content (AvgIpc) is 3.10. The largest absolute Gasteiger partial charge is 0.324 e. The normalized spacial score (nSPS) is 11.3. The molecule has 0 aliphatic heterocycles. The first-order valence-corrected chi connectivity index (χ1v) is 12.4. The second-order valence-corrected chi connectivity index (χ2v) is 10.1. The van der Waals surface area contributed by atoms with E-state index in [0.717, 1.165) is 11.8 Å². The third-order valence-corrected chi connectivity index (χ3v) is 7.21. The molecular formula is C20H18Cl2N4O3S2. The van der Waals surface area contributed by atoms with Gasteiger partial charge in [0, 0.05) is 11.6 Å². The molecule has 0 saturated carbocycles. The van der Waals surface area contributed by atoms with Gasteiger partial charge in [0.25, 0.3) is 0 Å². The third kappa shape index (κ3) is 6.10. The summed E-state index contributed by atoms with van der Waals surface area (Å²) in [6, 6.07) is 12.9. The predicted molar refractivity (Wildman–Crippen MR) is 123 cm³/mol. The molecule has 0 unspecified atom stereocenters.